The summed E-state index contributed by atoms with van der Waals surface area (Å²) in [6.07, 6.45) is 1.66. The van der Waals surface area contributed by atoms with E-state index in [1.165, 1.54) is 0 Å². The van der Waals surface area contributed by atoms with Crippen LogP contribution in [0.3, 0.4) is 0 Å². The molecule has 0 saturated carbocycles. The molecule has 23 heavy (non-hydrogen) atoms. The van der Waals surface area contributed by atoms with E-state index < -0.39 is 0 Å². The summed E-state index contributed by atoms with van der Waals surface area (Å²) in [5, 5.41) is 7.50. The Bertz CT molecular complexity index is 675. The zero-order valence-corrected chi connectivity index (χ0v) is 14.6. The highest BCUT2D eigenvalue weighted by molar-refractivity contribution is 5.92. The number of aromatic nitrogens is 3. The summed E-state index contributed by atoms with van der Waals surface area (Å²) >= 11 is 0. The zero-order chi connectivity index (χ0) is 17.0. The predicted octanol–water partition coefficient (Wildman–Crippen LogP) is 3.20. The molecule has 0 aliphatic heterocycles. The van der Waals surface area contributed by atoms with Crippen LogP contribution in [-0.2, 0) is 13.5 Å². The molecule has 1 amide bonds. The smallest absolute Gasteiger partial charge is 0.270 e. The molecule has 5 nitrogen and oxygen atoms in total. The van der Waals surface area contributed by atoms with Crippen molar-refractivity contribution < 1.29 is 4.79 Å². The Kier molecular flexibility index (Phi) is 5.53. The van der Waals surface area contributed by atoms with Crippen molar-refractivity contribution in [2.75, 3.05) is 0 Å². The zero-order valence-electron chi connectivity index (χ0n) is 14.6. The third kappa shape index (κ3) is 4.41. The second-order valence-electron chi connectivity index (χ2n) is 6.38. The molecule has 2 heterocycles. The molecule has 2 rings (SSSR count). The molecule has 124 valence electrons. The monoisotopic (exact) mass is 314 g/mol. The highest BCUT2D eigenvalue weighted by atomic mass is 16.2. The Labute approximate surface area is 138 Å². The van der Waals surface area contributed by atoms with Crippen LogP contribution < -0.4 is 5.32 Å². The van der Waals surface area contributed by atoms with Gasteiger partial charge in [-0.15, -0.1) is 0 Å². The number of carbonyl (C=O) groups excluding carboxylic acids is 1. The third-order valence-corrected chi connectivity index (χ3v) is 3.76. The van der Waals surface area contributed by atoms with E-state index in [4.69, 9.17) is 0 Å². The van der Waals surface area contributed by atoms with E-state index in [0.717, 1.165) is 29.9 Å². The Morgan fingerprint density at radius 1 is 1.35 bits per heavy atom. The van der Waals surface area contributed by atoms with Crippen molar-refractivity contribution in [3.63, 3.8) is 0 Å². The first-order valence-corrected chi connectivity index (χ1v) is 8.18. The Morgan fingerprint density at radius 2 is 2.09 bits per heavy atom. The lowest BCUT2D eigenvalue weighted by atomic mass is 10.1. The Hall–Kier alpha value is -2.17. The molecule has 0 spiro atoms. The number of amides is 1. The van der Waals surface area contributed by atoms with E-state index in [1.807, 2.05) is 45.2 Å². The van der Waals surface area contributed by atoms with Crippen LogP contribution in [0.4, 0.5) is 0 Å². The second-order valence-corrected chi connectivity index (χ2v) is 6.38. The van der Waals surface area contributed by atoms with Crippen LogP contribution in [-0.4, -0.2) is 20.7 Å². The fourth-order valence-electron chi connectivity index (χ4n) is 2.63. The summed E-state index contributed by atoms with van der Waals surface area (Å²) in [5.41, 5.74) is 3.39. The summed E-state index contributed by atoms with van der Waals surface area (Å²) in [6.45, 7) is 8.29. The molecule has 5 heteroatoms. The van der Waals surface area contributed by atoms with Gasteiger partial charge in [-0.05, 0) is 43.9 Å². The highest BCUT2D eigenvalue weighted by Crippen LogP contribution is 2.16. The topological polar surface area (TPSA) is 59.8 Å². The number of hydrogen-bond acceptors (Lipinski definition) is 3. The molecule has 0 aliphatic rings. The average molecular weight is 314 g/mol. The van der Waals surface area contributed by atoms with Gasteiger partial charge >= 0.3 is 0 Å². The number of pyridine rings is 1. The standard InChI is InChI=1S/C18H26N4O/c1-6-15(16-9-7-8-13(4)19-16)20-18(23)17-11-14(10-12(2)3)21-22(17)5/h7-9,11-12,15H,6,10H2,1-5H3,(H,20,23)/t15-/m1/s1. The minimum atomic E-state index is -0.106. The number of rotatable bonds is 6. The van der Waals surface area contributed by atoms with Gasteiger partial charge in [0.15, 0.2) is 0 Å². The van der Waals surface area contributed by atoms with E-state index in [9.17, 15) is 4.79 Å². The van der Waals surface area contributed by atoms with Gasteiger partial charge in [0, 0.05) is 12.7 Å². The van der Waals surface area contributed by atoms with Crippen LogP contribution in [0.5, 0.6) is 0 Å². The Balaban J connectivity index is 2.15. The number of carbonyl (C=O) groups is 1. The first-order valence-electron chi connectivity index (χ1n) is 8.18. The minimum absolute atomic E-state index is 0.0918. The number of nitrogens with zero attached hydrogens (tertiary/aromatic N) is 3. The largest absolute Gasteiger partial charge is 0.342 e. The molecule has 0 aliphatic carbocycles. The fraction of sp³-hybridized carbons (Fsp3) is 0.500. The van der Waals surface area contributed by atoms with Crippen LogP contribution >= 0.6 is 0 Å². The van der Waals surface area contributed by atoms with E-state index in [0.29, 0.717) is 11.6 Å². The van der Waals surface area contributed by atoms with Gasteiger partial charge in [-0.2, -0.15) is 5.10 Å². The summed E-state index contributed by atoms with van der Waals surface area (Å²) in [7, 11) is 1.81. The molecule has 2 aromatic heterocycles. The highest BCUT2D eigenvalue weighted by Gasteiger charge is 2.19. The molecule has 0 saturated heterocycles. The van der Waals surface area contributed by atoms with Crippen molar-refractivity contribution in [2.24, 2.45) is 13.0 Å². The predicted molar refractivity (Wildman–Crippen MR) is 91.2 cm³/mol. The molecular formula is C18H26N4O. The molecule has 0 unspecified atom stereocenters. The summed E-state index contributed by atoms with van der Waals surface area (Å²) in [6, 6.07) is 7.67. The van der Waals surface area contributed by atoms with Crippen LogP contribution in [0, 0.1) is 12.8 Å². The lowest BCUT2D eigenvalue weighted by molar-refractivity contribution is 0.0925. The van der Waals surface area contributed by atoms with Crippen LogP contribution in [0.2, 0.25) is 0 Å². The molecule has 0 fully saturated rings. The van der Waals surface area contributed by atoms with Gasteiger partial charge in [-0.1, -0.05) is 26.8 Å². The summed E-state index contributed by atoms with van der Waals surface area (Å²) in [4.78, 5) is 17.1. The maximum Gasteiger partial charge on any atom is 0.270 e. The van der Waals surface area contributed by atoms with Crippen molar-refractivity contribution >= 4 is 5.91 Å². The molecule has 2 aromatic rings. The van der Waals surface area contributed by atoms with E-state index in [2.05, 4.69) is 29.2 Å². The molecule has 0 radical (unpaired) electrons. The SMILES string of the molecule is CC[C@@H](NC(=O)c1cc(CC(C)C)nn1C)c1cccc(C)n1. The molecule has 1 atom stereocenters. The molecule has 0 bridgehead atoms. The number of hydrogen-bond donors (Lipinski definition) is 1. The average Bonchev–Trinajstić information content (AvgIpc) is 2.84. The minimum Gasteiger partial charge on any atom is -0.342 e. The molecular weight excluding hydrogens is 288 g/mol. The maximum atomic E-state index is 12.6. The van der Waals surface area contributed by atoms with Gasteiger partial charge in [-0.3, -0.25) is 14.5 Å². The van der Waals surface area contributed by atoms with Gasteiger partial charge in [0.1, 0.15) is 5.69 Å². The Morgan fingerprint density at radius 3 is 2.70 bits per heavy atom. The van der Waals surface area contributed by atoms with Crippen LogP contribution in [0.15, 0.2) is 24.3 Å². The summed E-state index contributed by atoms with van der Waals surface area (Å²) < 4.78 is 1.66. The van der Waals surface area contributed by atoms with Crippen molar-refractivity contribution in [1.82, 2.24) is 20.1 Å². The number of nitrogens with one attached hydrogen (secondary N) is 1. The van der Waals surface area contributed by atoms with Gasteiger partial charge in [0.25, 0.3) is 5.91 Å². The lowest BCUT2D eigenvalue weighted by Gasteiger charge is -2.16. The van der Waals surface area contributed by atoms with Crippen molar-refractivity contribution in [3.05, 3.63) is 47.0 Å². The molecule has 0 aromatic carbocycles. The fourth-order valence-corrected chi connectivity index (χ4v) is 2.63. The van der Waals surface area contributed by atoms with Gasteiger partial charge < -0.3 is 5.32 Å². The van der Waals surface area contributed by atoms with Crippen molar-refractivity contribution in [2.45, 2.75) is 46.6 Å². The maximum absolute atomic E-state index is 12.6. The first-order chi connectivity index (χ1) is 10.9. The molecule has 1 N–H and O–H groups in total. The first kappa shape index (κ1) is 17.2. The van der Waals surface area contributed by atoms with Gasteiger partial charge in [0.05, 0.1) is 17.4 Å². The van der Waals surface area contributed by atoms with Crippen LogP contribution in [0.25, 0.3) is 0 Å². The van der Waals surface area contributed by atoms with Crippen LogP contribution in [0.1, 0.15) is 60.8 Å². The lowest BCUT2D eigenvalue weighted by Crippen LogP contribution is -2.30. The summed E-state index contributed by atoms with van der Waals surface area (Å²) in [5.74, 6) is 0.408. The second kappa shape index (κ2) is 7.40. The van der Waals surface area contributed by atoms with Crippen molar-refractivity contribution in [3.8, 4) is 0 Å². The number of aryl methyl sites for hydroxylation is 2. The van der Waals surface area contributed by atoms with Gasteiger partial charge in [0.2, 0.25) is 0 Å². The third-order valence-electron chi connectivity index (χ3n) is 3.76. The quantitative estimate of drug-likeness (QED) is 0.890. The van der Waals surface area contributed by atoms with E-state index in [1.54, 1.807) is 4.68 Å². The van der Waals surface area contributed by atoms with E-state index >= 15 is 0 Å². The van der Waals surface area contributed by atoms with E-state index in [-0.39, 0.29) is 11.9 Å². The van der Waals surface area contributed by atoms with Crippen molar-refractivity contribution in [1.29, 1.82) is 0 Å². The van der Waals surface area contributed by atoms with Gasteiger partial charge in [-0.25, -0.2) is 0 Å². The normalized spacial score (nSPS) is 12.4.